The molecule has 7 heteroatoms. The molecule has 0 radical (unpaired) electrons. The van der Waals surface area contributed by atoms with Gasteiger partial charge in [-0.25, -0.2) is 0 Å². The minimum Gasteiger partial charge on any atom is -0.350 e. The van der Waals surface area contributed by atoms with Gasteiger partial charge in [0.05, 0.1) is 22.6 Å². The van der Waals surface area contributed by atoms with Gasteiger partial charge in [0.15, 0.2) is 0 Å². The molecule has 0 spiro atoms. The predicted octanol–water partition coefficient (Wildman–Crippen LogP) is 0.674. The molecule has 1 fully saturated rings. The number of alkyl halides is 1. The van der Waals surface area contributed by atoms with E-state index >= 15 is 0 Å². The fourth-order valence-corrected chi connectivity index (χ4v) is 2.73. The van der Waals surface area contributed by atoms with E-state index in [-0.39, 0.29) is 29.9 Å². The van der Waals surface area contributed by atoms with Crippen molar-refractivity contribution in [1.29, 1.82) is 0 Å². The van der Waals surface area contributed by atoms with Crippen LogP contribution in [0.1, 0.15) is 34.1 Å². The van der Waals surface area contributed by atoms with Crippen molar-refractivity contribution in [3.8, 4) is 0 Å². The first-order valence-corrected chi connectivity index (χ1v) is 7.75. The van der Waals surface area contributed by atoms with Crippen molar-refractivity contribution in [3.05, 3.63) is 0 Å². The number of carbonyl (C=O) groups excluding carboxylic acids is 2. The summed E-state index contributed by atoms with van der Waals surface area (Å²) < 4.78 is 0.331. The average Bonchev–Trinajstić information content (AvgIpc) is 2.47. The van der Waals surface area contributed by atoms with Crippen LogP contribution in [0.2, 0.25) is 0 Å². The van der Waals surface area contributed by atoms with Crippen LogP contribution in [0, 0.1) is 0 Å². The third kappa shape index (κ3) is 3.79. The SMILES string of the molecule is CC1(C)C[C@@H](NC(=O)CNC(=O)CI)C(C)(C)N1O. The molecule has 1 aliphatic heterocycles. The molecule has 0 aromatic carbocycles. The second kappa shape index (κ2) is 5.92. The highest BCUT2D eigenvalue weighted by molar-refractivity contribution is 14.1. The highest BCUT2D eigenvalue weighted by Gasteiger charge is 2.51. The van der Waals surface area contributed by atoms with E-state index in [0.29, 0.717) is 10.8 Å². The Morgan fingerprint density at radius 1 is 1.32 bits per heavy atom. The van der Waals surface area contributed by atoms with E-state index in [2.05, 4.69) is 10.6 Å². The number of halogens is 1. The van der Waals surface area contributed by atoms with Gasteiger partial charge in [0, 0.05) is 5.54 Å². The Morgan fingerprint density at radius 3 is 2.32 bits per heavy atom. The Morgan fingerprint density at radius 2 is 1.89 bits per heavy atom. The topological polar surface area (TPSA) is 81.7 Å². The van der Waals surface area contributed by atoms with E-state index in [1.165, 1.54) is 5.06 Å². The van der Waals surface area contributed by atoms with Crippen molar-refractivity contribution in [2.24, 2.45) is 0 Å². The van der Waals surface area contributed by atoms with Crippen LogP contribution in [0.15, 0.2) is 0 Å². The van der Waals surface area contributed by atoms with Gasteiger partial charge in [-0.05, 0) is 34.1 Å². The molecule has 1 saturated heterocycles. The van der Waals surface area contributed by atoms with Crippen molar-refractivity contribution < 1.29 is 14.8 Å². The minimum atomic E-state index is -0.535. The Kier molecular flexibility index (Phi) is 5.19. The van der Waals surface area contributed by atoms with Crippen molar-refractivity contribution in [1.82, 2.24) is 15.7 Å². The molecule has 1 aliphatic rings. The van der Waals surface area contributed by atoms with E-state index in [1.54, 1.807) is 0 Å². The number of amides is 2. The molecular weight excluding hydrogens is 361 g/mol. The zero-order chi connectivity index (χ0) is 14.8. The Balaban J connectivity index is 2.58. The van der Waals surface area contributed by atoms with Crippen LogP contribution < -0.4 is 10.6 Å². The Labute approximate surface area is 127 Å². The lowest BCUT2D eigenvalue weighted by atomic mass is 9.94. The smallest absolute Gasteiger partial charge is 0.239 e. The third-order valence-corrected chi connectivity index (χ3v) is 4.27. The van der Waals surface area contributed by atoms with Crippen LogP contribution in [0.5, 0.6) is 0 Å². The largest absolute Gasteiger partial charge is 0.350 e. The zero-order valence-corrected chi connectivity index (χ0v) is 13.9. The molecule has 110 valence electrons. The number of carbonyl (C=O) groups is 2. The van der Waals surface area contributed by atoms with Crippen LogP contribution in [0.4, 0.5) is 0 Å². The molecule has 2 amide bonds. The normalized spacial score (nSPS) is 25.1. The van der Waals surface area contributed by atoms with Gasteiger partial charge < -0.3 is 15.8 Å². The first-order chi connectivity index (χ1) is 8.61. The van der Waals surface area contributed by atoms with Crippen LogP contribution in [0.25, 0.3) is 0 Å². The lowest BCUT2D eigenvalue weighted by Crippen LogP contribution is -2.54. The number of nitrogens with zero attached hydrogens (tertiary/aromatic N) is 1. The average molecular weight is 383 g/mol. The van der Waals surface area contributed by atoms with Crippen molar-refractivity contribution in [3.63, 3.8) is 0 Å². The van der Waals surface area contributed by atoms with Crippen LogP contribution in [-0.2, 0) is 9.59 Å². The van der Waals surface area contributed by atoms with Crippen LogP contribution in [-0.4, -0.2) is 50.2 Å². The molecule has 6 nitrogen and oxygen atoms in total. The van der Waals surface area contributed by atoms with Gasteiger partial charge in [0.2, 0.25) is 11.8 Å². The number of rotatable bonds is 4. The van der Waals surface area contributed by atoms with Gasteiger partial charge in [-0.15, -0.1) is 0 Å². The predicted molar refractivity (Wildman–Crippen MR) is 80.2 cm³/mol. The maximum Gasteiger partial charge on any atom is 0.239 e. The lowest BCUT2D eigenvalue weighted by Gasteiger charge is -2.35. The van der Waals surface area contributed by atoms with Gasteiger partial charge >= 0.3 is 0 Å². The second-order valence-corrected chi connectivity index (χ2v) is 6.78. The molecular formula is C12H22IN3O3. The summed E-state index contributed by atoms with van der Waals surface area (Å²) in [6.07, 6.45) is 0.655. The van der Waals surface area contributed by atoms with E-state index in [4.69, 9.17) is 0 Å². The highest BCUT2D eigenvalue weighted by atomic mass is 127. The second-order valence-electron chi connectivity index (χ2n) is 6.01. The van der Waals surface area contributed by atoms with Crippen molar-refractivity contribution >= 4 is 34.4 Å². The Hall–Kier alpha value is -0.410. The first-order valence-electron chi connectivity index (χ1n) is 6.22. The zero-order valence-electron chi connectivity index (χ0n) is 11.8. The molecule has 0 bridgehead atoms. The quantitative estimate of drug-likeness (QED) is 0.493. The molecule has 0 aromatic rings. The van der Waals surface area contributed by atoms with E-state index in [1.807, 2.05) is 50.3 Å². The molecule has 0 saturated carbocycles. The van der Waals surface area contributed by atoms with E-state index in [0.717, 1.165) is 0 Å². The summed E-state index contributed by atoms with van der Waals surface area (Å²) in [7, 11) is 0. The molecule has 1 rings (SSSR count). The maximum absolute atomic E-state index is 11.8. The standard InChI is InChI=1S/C12H22IN3O3/c1-11(2)5-8(12(3,4)16(11)19)15-10(18)7-14-9(17)6-13/h8,19H,5-7H2,1-4H3,(H,14,17)(H,15,18)/t8-/m1/s1. The monoisotopic (exact) mass is 383 g/mol. The fourth-order valence-electron chi connectivity index (χ4n) is 2.46. The summed E-state index contributed by atoms with van der Waals surface area (Å²) in [6.45, 7) is 7.60. The van der Waals surface area contributed by atoms with Gasteiger partial charge in [-0.1, -0.05) is 22.6 Å². The van der Waals surface area contributed by atoms with E-state index in [9.17, 15) is 14.8 Å². The lowest BCUT2D eigenvalue weighted by molar-refractivity contribution is -0.194. The highest BCUT2D eigenvalue weighted by Crippen LogP contribution is 2.38. The number of nitrogens with one attached hydrogen (secondary N) is 2. The van der Waals surface area contributed by atoms with Crippen LogP contribution >= 0.6 is 22.6 Å². The van der Waals surface area contributed by atoms with Crippen molar-refractivity contribution in [2.45, 2.75) is 51.2 Å². The summed E-state index contributed by atoms with van der Waals surface area (Å²) in [4.78, 5) is 22.9. The molecule has 1 heterocycles. The summed E-state index contributed by atoms with van der Waals surface area (Å²) in [6, 6.07) is -0.156. The molecule has 1 atom stereocenters. The van der Waals surface area contributed by atoms with E-state index < -0.39 is 5.54 Å². The number of hydrogen-bond donors (Lipinski definition) is 3. The van der Waals surface area contributed by atoms with Crippen LogP contribution in [0.3, 0.4) is 0 Å². The number of hydroxylamine groups is 2. The third-order valence-electron chi connectivity index (χ3n) is 3.58. The molecule has 19 heavy (non-hydrogen) atoms. The van der Waals surface area contributed by atoms with Gasteiger partial charge in [0.1, 0.15) is 0 Å². The summed E-state index contributed by atoms with van der Waals surface area (Å²) in [5.74, 6) is -0.395. The molecule has 0 aliphatic carbocycles. The fraction of sp³-hybridized carbons (Fsp3) is 0.833. The Bertz CT molecular complexity index is 371. The molecule has 3 N–H and O–H groups in total. The van der Waals surface area contributed by atoms with Gasteiger partial charge in [0.25, 0.3) is 0 Å². The van der Waals surface area contributed by atoms with Crippen molar-refractivity contribution in [2.75, 3.05) is 11.0 Å². The number of hydrogen-bond acceptors (Lipinski definition) is 4. The minimum absolute atomic E-state index is 0.0275. The summed E-state index contributed by atoms with van der Waals surface area (Å²) in [5.41, 5.74) is -0.917. The first kappa shape index (κ1) is 16.6. The summed E-state index contributed by atoms with van der Waals surface area (Å²) in [5, 5.41) is 16.8. The summed E-state index contributed by atoms with van der Waals surface area (Å²) >= 11 is 1.94. The molecule has 0 aromatic heterocycles. The van der Waals surface area contributed by atoms with Gasteiger partial charge in [-0.2, -0.15) is 5.06 Å². The van der Waals surface area contributed by atoms with Gasteiger partial charge in [-0.3, -0.25) is 9.59 Å². The molecule has 0 unspecified atom stereocenters. The maximum atomic E-state index is 11.8.